The molecule has 4 atom stereocenters. The van der Waals surface area contributed by atoms with E-state index in [0.29, 0.717) is 17.0 Å². The Labute approximate surface area is 147 Å². The van der Waals surface area contributed by atoms with E-state index in [9.17, 15) is 4.79 Å². The van der Waals surface area contributed by atoms with Crippen LogP contribution in [0.15, 0.2) is 42.7 Å². The molecule has 126 valence electrons. The van der Waals surface area contributed by atoms with Gasteiger partial charge >= 0.3 is 6.03 Å². The van der Waals surface area contributed by atoms with Gasteiger partial charge in [0.2, 0.25) is 0 Å². The largest absolute Gasteiger partial charge is 0.333 e. The van der Waals surface area contributed by atoms with Gasteiger partial charge in [-0.25, -0.2) is 4.79 Å². The molecular weight excluding hydrogens is 322 g/mol. The molecule has 2 aromatic rings. The van der Waals surface area contributed by atoms with Gasteiger partial charge in [-0.05, 0) is 61.6 Å². The highest BCUT2D eigenvalue weighted by Crippen LogP contribution is 2.32. The quantitative estimate of drug-likeness (QED) is 0.899. The minimum Gasteiger partial charge on any atom is -0.333 e. The van der Waals surface area contributed by atoms with Crippen LogP contribution in [0.1, 0.15) is 19.8 Å². The molecule has 2 bridgehead atoms. The van der Waals surface area contributed by atoms with E-state index in [1.54, 1.807) is 4.57 Å². The standard InChI is InChI=1S/C19H22ClN3O/c1-13-9-15-5-7-22(13)12-18(15)21-19(24)23-8-6-16(11-23)14-3-2-4-17(20)10-14/h2-4,6,8,10-11,13,15,18H,5,7,9,12H2,1H3,(H,21,24)/t13?,15?,18-/m0/s1. The maximum Gasteiger partial charge on any atom is 0.325 e. The molecule has 3 aliphatic rings. The van der Waals surface area contributed by atoms with Crippen molar-refractivity contribution >= 4 is 17.6 Å². The second-order valence-corrected chi connectivity index (χ2v) is 7.44. The average molecular weight is 344 g/mol. The molecule has 4 heterocycles. The first kappa shape index (κ1) is 15.7. The van der Waals surface area contributed by atoms with Crippen LogP contribution >= 0.6 is 11.6 Å². The van der Waals surface area contributed by atoms with Gasteiger partial charge in [0, 0.05) is 36.0 Å². The predicted molar refractivity (Wildman–Crippen MR) is 96.4 cm³/mol. The van der Waals surface area contributed by atoms with Crippen molar-refractivity contribution in [3.8, 4) is 11.1 Å². The van der Waals surface area contributed by atoms with E-state index < -0.39 is 0 Å². The maximum absolute atomic E-state index is 12.6. The van der Waals surface area contributed by atoms with Crippen molar-refractivity contribution in [2.45, 2.75) is 31.8 Å². The first-order chi connectivity index (χ1) is 11.6. The minimum atomic E-state index is -0.0466. The van der Waals surface area contributed by atoms with Crippen LogP contribution in [-0.2, 0) is 0 Å². The number of rotatable bonds is 2. The van der Waals surface area contributed by atoms with Crippen molar-refractivity contribution in [3.05, 3.63) is 47.7 Å². The van der Waals surface area contributed by atoms with Crippen molar-refractivity contribution in [3.63, 3.8) is 0 Å². The molecule has 0 aliphatic carbocycles. The highest BCUT2D eigenvalue weighted by atomic mass is 35.5. The summed E-state index contributed by atoms with van der Waals surface area (Å²) in [6.45, 7) is 4.42. The fourth-order valence-electron chi connectivity index (χ4n) is 4.05. The smallest absolute Gasteiger partial charge is 0.325 e. The number of hydrogen-bond acceptors (Lipinski definition) is 2. The van der Waals surface area contributed by atoms with Gasteiger partial charge in [-0.2, -0.15) is 0 Å². The summed E-state index contributed by atoms with van der Waals surface area (Å²) >= 11 is 6.05. The zero-order valence-electron chi connectivity index (χ0n) is 13.8. The van der Waals surface area contributed by atoms with Gasteiger partial charge in [0.15, 0.2) is 0 Å². The summed E-state index contributed by atoms with van der Waals surface area (Å²) < 4.78 is 1.64. The summed E-state index contributed by atoms with van der Waals surface area (Å²) in [6, 6.07) is 10.5. The lowest BCUT2D eigenvalue weighted by Gasteiger charge is -2.48. The van der Waals surface area contributed by atoms with E-state index in [1.165, 1.54) is 19.4 Å². The summed E-state index contributed by atoms with van der Waals surface area (Å²) in [6.07, 6.45) is 6.06. The first-order valence-electron chi connectivity index (χ1n) is 8.59. The molecule has 1 aromatic carbocycles. The number of amides is 1. The average Bonchev–Trinajstić information content (AvgIpc) is 3.06. The van der Waals surface area contributed by atoms with Crippen molar-refractivity contribution in [1.29, 1.82) is 0 Å². The highest BCUT2D eigenvalue weighted by molar-refractivity contribution is 6.30. The molecule has 0 spiro atoms. The van der Waals surface area contributed by atoms with E-state index in [1.807, 2.05) is 42.7 Å². The van der Waals surface area contributed by atoms with Crippen LogP contribution in [0.4, 0.5) is 4.79 Å². The number of carbonyl (C=O) groups excluding carboxylic acids is 1. The van der Waals surface area contributed by atoms with Crippen LogP contribution in [0.5, 0.6) is 0 Å². The number of carbonyl (C=O) groups is 1. The van der Waals surface area contributed by atoms with E-state index in [0.717, 1.165) is 17.7 Å². The number of hydrogen-bond donors (Lipinski definition) is 1. The SMILES string of the molecule is CC1CC2CCN1C[C@@H]2NC(=O)n1ccc(-c2cccc(Cl)c2)c1. The van der Waals surface area contributed by atoms with Gasteiger partial charge in [-0.1, -0.05) is 23.7 Å². The second kappa shape index (κ2) is 6.26. The van der Waals surface area contributed by atoms with E-state index >= 15 is 0 Å². The Hall–Kier alpha value is -1.78. The third-order valence-electron chi connectivity index (χ3n) is 5.45. The lowest BCUT2D eigenvalue weighted by molar-refractivity contribution is 0.0322. The van der Waals surface area contributed by atoms with Gasteiger partial charge in [-0.15, -0.1) is 0 Å². The zero-order valence-corrected chi connectivity index (χ0v) is 14.5. The fourth-order valence-corrected chi connectivity index (χ4v) is 4.24. The zero-order chi connectivity index (χ0) is 16.7. The molecule has 3 saturated heterocycles. The first-order valence-corrected chi connectivity index (χ1v) is 8.97. The van der Waals surface area contributed by atoms with E-state index in [2.05, 4.69) is 17.1 Å². The Morgan fingerprint density at radius 1 is 1.29 bits per heavy atom. The molecule has 5 rings (SSSR count). The van der Waals surface area contributed by atoms with Crippen molar-refractivity contribution in [2.75, 3.05) is 13.1 Å². The van der Waals surface area contributed by atoms with Gasteiger partial charge in [0.05, 0.1) is 0 Å². The molecule has 0 saturated carbocycles. The summed E-state index contributed by atoms with van der Waals surface area (Å²) in [5.74, 6) is 0.608. The van der Waals surface area contributed by atoms with Crippen LogP contribution in [0.25, 0.3) is 11.1 Å². The molecule has 3 fully saturated rings. The number of fused-ring (bicyclic) bond motifs is 3. The molecule has 1 aromatic heterocycles. The number of halogens is 1. The Morgan fingerprint density at radius 3 is 2.88 bits per heavy atom. The third kappa shape index (κ3) is 2.96. The number of piperidine rings is 3. The van der Waals surface area contributed by atoms with E-state index in [-0.39, 0.29) is 12.1 Å². The Balaban J connectivity index is 1.46. The Morgan fingerprint density at radius 2 is 2.17 bits per heavy atom. The predicted octanol–water partition coefficient (Wildman–Crippen LogP) is 3.85. The van der Waals surface area contributed by atoms with Crippen molar-refractivity contribution in [2.24, 2.45) is 5.92 Å². The highest BCUT2D eigenvalue weighted by Gasteiger charge is 2.38. The van der Waals surface area contributed by atoms with Gasteiger partial charge in [0.25, 0.3) is 0 Å². The lowest BCUT2D eigenvalue weighted by Crippen LogP contribution is -2.60. The van der Waals surface area contributed by atoms with Gasteiger partial charge < -0.3 is 5.32 Å². The van der Waals surface area contributed by atoms with Crippen LogP contribution in [0.2, 0.25) is 5.02 Å². The summed E-state index contributed by atoms with van der Waals surface area (Å²) in [7, 11) is 0. The molecule has 24 heavy (non-hydrogen) atoms. The van der Waals surface area contributed by atoms with Crippen molar-refractivity contribution < 1.29 is 4.79 Å². The number of nitrogens with one attached hydrogen (secondary N) is 1. The summed E-state index contributed by atoms with van der Waals surface area (Å²) in [4.78, 5) is 15.1. The van der Waals surface area contributed by atoms with Crippen molar-refractivity contribution in [1.82, 2.24) is 14.8 Å². The van der Waals surface area contributed by atoms with E-state index in [4.69, 9.17) is 11.6 Å². The molecule has 1 N–H and O–H groups in total. The normalized spacial score (nSPS) is 28.8. The number of nitrogens with zero attached hydrogens (tertiary/aromatic N) is 2. The molecular formula is C19H22ClN3O. The van der Waals surface area contributed by atoms with Crippen LogP contribution < -0.4 is 5.32 Å². The topological polar surface area (TPSA) is 37.3 Å². The monoisotopic (exact) mass is 343 g/mol. The molecule has 5 heteroatoms. The summed E-state index contributed by atoms with van der Waals surface area (Å²) in [5, 5.41) is 3.92. The van der Waals surface area contributed by atoms with Crippen LogP contribution in [0.3, 0.4) is 0 Å². The van der Waals surface area contributed by atoms with Gasteiger partial charge in [-0.3, -0.25) is 9.47 Å². The number of benzene rings is 1. The van der Waals surface area contributed by atoms with Gasteiger partial charge in [0.1, 0.15) is 0 Å². The third-order valence-corrected chi connectivity index (χ3v) is 5.68. The second-order valence-electron chi connectivity index (χ2n) is 7.00. The molecule has 3 aliphatic heterocycles. The summed E-state index contributed by atoms with van der Waals surface area (Å²) in [5.41, 5.74) is 2.01. The Bertz CT molecular complexity index is 757. The lowest BCUT2D eigenvalue weighted by atomic mass is 9.80. The number of aromatic nitrogens is 1. The molecule has 3 unspecified atom stereocenters. The Kier molecular flexibility index (Phi) is 4.10. The molecule has 0 radical (unpaired) electrons. The molecule has 1 amide bonds. The molecule has 4 nitrogen and oxygen atoms in total. The minimum absolute atomic E-state index is 0.0466. The van der Waals surface area contributed by atoms with Crippen LogP contribution in [-0.4, -0.2) is 40.7 Å². The fraction of sp³-hybridized carbons (Fsp3) is 0.421. The van der Waals surface area contributed by atoms with Crippen LogP contribution in [0, 0.1) is 5.92 Å². The maximum atomic E-state index is 12.6.